The Morgan fingerprint density at radius 1 is 1.12 bits per heavy atom. The highest BCUT2D eigenvalue weighted by atomic mass is 17.3. The average Bonchev–Trinajstić information content (AvgIpc) is 2.89. The van der Waals surface area contributed by atoms with Crippen LogP contribution in [0.5, 0.6) is 5.75 Å². The first-order chi connectivity index (χ1) is 8.42. The third kappa shape index (κ3) is 2.39. The van der Waals surface area contributed by atoms with E-state index in [1.54, 1.807) is 0 Å². The molecule has 17 heavy (non-hydrogen) atoms. The highest BCUT2D eigenvalue weighted by Gasteiger charge is 2.18. The Labute approximate surface area is 98.6 Å². The quantitative estimate of drug-likeness (QED) is 0.762. The van der Waals surface area contributed by atoms with Gasteiger partial charge in [0.2, 0.25) is 6.29 Å². The zero-order valence-electron chi connectivity index (χ0n) is 9.17. The van der Waals surface area contributed by atoms with Crippen LogP contribution in [0.4, 0.5) is 0 Å². The second-order valence-corrected chi connectivity index (χ2v) is 3.75. The van der Waals surface area contributed by atoms with Crippen molar-refractivity contribution in [1.82, 2.24) is 0 Å². The Morgan fingerprint density at radius 2 is 2.00 bits per heavy atom. The van der Waals surface area contributed by atoms with E-state index in [1.807, 2.05) is 36.4 Å². The largest absolute Gasteiger partial charge is 0.488 e. The third-order valence-electron chi connectivity index (χ3n) is 2.58. The van der Waals surface area contributed by atoms with Crippen LogP contribution in [0.1, 0.15) is 0 Å². The lowest BCUT2D eigenvalue weighted by Crippen LogP contribution is -2.18. The molecule has 88 valence electrons. The zero-order valence-corrected chi connectivity index (χ0v) is 9.17. The van der Waals surface area contributed by atoms with Crippen molar-refractivity contribution >= 4 is 10.8 Å². The van der Waals surface area contributed by atoms with E-state index in [9.17, 15) is 0 Å². The smallest absolute Gasteiger partial charge is 0.227 e. The number of fused-ring (bicyclic) bond motifs is 1. The molecule has 1 fully saturated rings. The lowest BCUT2D eigenvalue weighted by atomic mass is 10.1. The molecule has 4 heteroatoms. The van der Waals surface area contributed by atoms with E-state index in [0.29, 0.717) is 6.61 Å². The molecule has 0 radical (unpaired) electrons. The molecule has 1 atom stereocenters. The van der Waals surface area contributed by atoms with Crippen LogP contribution in [0, 0.1) is 0 Å². The Hall–Kier alpha value is -1.62. The normalized spacial score (nSPS) is 19.6. The molecular formula is C13H12O4. The minimum Gasteiger partial charge on any atom is -0.488 e. The molecule has 0 aliphatic carbocycles. The van der Waals surface area contributed by atoms with E-state index in [-0.39, 0.29) is 6.79 Å². The van der Waals surface area contributed by atoms with Crippen molar-refractivity contribution < 1.29 is 19.2 Å². The van der Waals surface area contributed by atoms with Gasteiger partial charge < -0.3 is 9.47 Å². The molecule has 3 rings (SSSR count). The van der Waals surface area contributed by atoms with Gasteiger partial charge in [0, 0.05) is 0 Å². The van der Waals surface area contributed by atoms with Crippen LogP contribution in [0.25, 0.3) is 10.8 Å². The topological polar surface area (TPSA) is 36.9 Å². The SMILES string of the molecule is c1ccc2cc(OCC3OCOO3)ccc2c1. The summed E-state index contributed by atoms with van der Waals surface area (Å²) in [6, 6.07) is 14.1. The van der Waals surface area contributed by atoms with Crippen molar-refractivity contribution in [3.63, 3.8) is 0 Å². The lowest BCUT2D eigenvalue weighted by Gasteiger charge is -2.09. The number of ether oxygens (including phenoxy) is 2. The van der Waals surface area contributed by atoms with Crippen LogP contribution in [0.15, 0.2) is 42.5 Å². The van der Waals surface area contributed by atoms with E-state index in [1.165, 1.54) is 5.39 Å². The summed E-state index contributed by atoms with van der Waals surface area (Å²) < 4.78 is 10.7. The monoisotopic (exact) mass is 232 g/mol. The molecule has 2 aromatic rings. The van der Waals surface area contributed by atoms with E-state index in [2.05, 4.69) is 11.0 Å². The van der Waals surface area contributed by atoms with Crippen LogP contribution < -0.4 is 4.74 Å². The fraction of sp³-hybridized carbons (Fsp3) is 0.231. The maximum Gasteiger partial charge on any atom is 0.227 e. The highest BCUT2D eigenvalue weighted by Crippen LogP contribution is 2.21. The Morgan fingerprint density at radius 3 is 2.82 bits per heavy atom. The predicted molar refractivity (Wildman–Crippen MR) is 61.4 cm³/mol. The van der Waals surface area contributed by atoms with E-state index in [0.717, 1.165) is 11.1 Å². The number of benzene rings is 2. The Balaban J connectivity index is 1.72. The summed E-state index contributed by atoms with van der Waals surface area (Å²) in [6.45, 7) is 0.476. The first-order valence-electron chi connectivity index (χ1n) is 5.43. The fourth-order valence-electron chi connectivity index (χ4n) is 1.73. The van der Waals surface area contributed by atoms with Crippen LogP contribution in [0.3, 0.4) is 0 Å². The summed E-state index contributed by atoms with van der Waals surface area (Å²) in [6.07, 6.45) is -0.443. The molecule has 0 bridgehead atoms. The average molecular weight is 232 g/mol. The molecule has 0 saturated carbocycles. The second-order valence-electron chi connectivity index (χ2n) is 3.75. The molecule has 1 heterocycles. The first kappa shape index (κ1) is 10.5. The summed E-state index contributed by atoms with van der Waals surface area (Å²) in [4.78, 5) is 9.43. The minimum atomic E-state index is -0.443. The Kier molecular flexibility index (Phi) is 2.92. The van der Waals surface area contributed by atoms with Crippen molar-refractivity contribution in [3.05, 3.63) is 42.5 Å². The number of hydrogen-bond donors (Lipinski definition) is 0. The summed E-state index contributed by atoms with van der Waals surface area (Å²) in [5.74, 6) is 0.794. The van der Waals surface area contributed by atoms with Crippen molar-refractivity contribution in [3.8, 4) is 5.75 Å². The zero-order chi connectivity index (χ0) is 11.5. The van der Waals surface area contributed by atoms with Gasteiger partial charge in [0.05, 0.1) is 0 Å². The van der Waals surface area contributed by atoms with Gasteiger partial charge >= 0.3 is 0 Å². The fourth-order valence-corrected chi connectivity index (χ4v) is 1.73. The molecule has 2 aromatic carbocycles. The van der Waals surface area contributed by atoms with Crippen LogP contribution in [0.2, 0.25) is 0 Å². The number of hydrogen-bond acceptors (Lipinski definition) is 4. The van der Waals surface area contributed by atoms with Gasteiger partial charge in [0.15, 0.2) is 6.79 Å². The number of rotatable bonds is 3. The molecule has 1 saturated heterocycles. The van der Waals surface area contributed by atoms with Crippen molar-refractivity contribution in [2.75, 3.05) is 13.4 Å². The van der Waals surface area contributed by atoms with Gasteiger partial charge in [-0.25, -0.2) is 4.89 Å². The molecular weight excluding hydrogens is 220 g/mol. The molecule has 1 aliphatic heterocycles. The van der Waals surface area contributed by atoms with Gasteiger partial charge in [-0.3, -0.25) is 0 Å². The van der Waals surface area contributed by atoms with Crippen molar-refractivity contribution in [2.45, 2.75) is 6.29 Å². The molecule has 0 aromatic heterocycles. The maximum absolute atomic E-state index is 5.57. The van der Waals surface area contributed by atoms with Gasteiger partial charge in [-0.05, 0) is 22.9 Å². The highest BCUT2D eigenvalue weighted by molar-refractivity contribution is 5.83. The van der Waals surface area contributed by atoms with E-state index in [4.69, 9.17) is 14.4 Å². The molecule has 1 aliphatic rings. The summed E-state index contributed by atoms with van der Waals surface area (Å²) in [7, 11) is 0. The van der Waals surface area contributed by atoms with Crippen LogP contribution in [-0.4, -0.2) is 19.7 Å². The van der Waals surface area contributed by atoms with E-state index >= 15 is 0 Å². The van der Waals surface area contributed by atoms with Crippen molar-refractivity contribution in [1.29, 1.82) is 0 Å². The van der Waals surface area contributed by atoms with Crippen molar-refractivity contribution in [2.24, 2.45) is 0 Å². The predicted octanol–water partition coefficient (Wildman–Crippen LogP) is 2.48. The minimum absolute atomic E-state index is 0.158. The van der Waals surface area contributed by atoms with Gasteiger partial charge in [-0.2, -0.15) is 4.89 Å². The summed E-state index contributed by atoms with van der Waals surface area (Å²) in [5.41, 5.74) is 0. The lowest BCUT2D eigenvalue weighted by molar-refractivity contribution is -0.280. The summed E-state index contributed by atoms with van der Waals surface area (Å²) >= 11 is 0. The molecule has 0 spiro atoms. The van der Waals surface area contributed by atoms with Gasteiger partial charge in [0.1, 0.15) is 12.4 Å². The first-order valence-corrected chi connectivity index (χ1v) is 5.43. The Bertz CT molecular complexity index is 506. The van der Waals surface area contributed by atoms with Gasteiger partial charge in [-0.1, -0.05) is 30.3 Å². The molecule has 0 N–H and O–H groups in total. The maximum atomic E-state index is 5.57. The molecule has 0 amide bonds. The van der Waals surface area contributed by atoms with E-state index < -0.39 is 6.29 Å². The molecule has 4 nitrogen and oxygen atoms in total. The third-order valence-corrected chi connectivity index (χ3v) is 2.58. The standard InChI is InChI=1S/C13H12O4/c1-2-4-11-7-12(6-5-10(11)3-1)14-8-13-15-9-16-17-13/h1-7,13H,8-9H2. The molecule has 1 unspecified atom stereocenters. The van der Waals surface area contributed by atoms with Crippen LogP contribution in [-0.2, 0) is 14.5 Å². The van der Waals surface area contributed by atoms with Gasteiger partial charge in [-0.15, -0.1) is 0 Å². The van der Waals surface area contributed by atoms with Crippen LogP contribution >= 0.6 is 0 Å². The van der Waals surface area contributed by atoms with Gasteiger partial charge in [0.25, 0.3) is 0 Å². The second kappa shape index (κ2) is 4.71. The summed E-state index contributed by atoms with van der Waals surface area (Å²) in [5, 5.41) is 2.34.